The van der Waals surface area contributed by atoms with E-state index >= 15 is 0 Å². The third-order valence-corrected chi connectivity index (χ3v) is 4.47. The van der Waals surface area contributed by atoms with Crippen molar-refractivity contribution in [2.45, 2.75) is 6.42 Å². The van der Waals surface area contributed by atoms with Gasteiger partial charge in [-0.15, -0.1) is 0 Å². The van der Waals surface area contributed by atoms with E-state index in [1.165, 1.54) is 11.3 Å². The summed E-state index contributed by atoms with van der Waals surface area (Å²) in [5, 5.41) is 12.2. The highest BCUT2D eigenvalue weighted by Gasteiger charge is 2.28. The van der Waals surface area contributed by atoms with Crippen molar-refractivity contribution in [1.82, 2.24) is 14.9 Å². The number of nitrogens with one attached hydrogen (secondary N) is 1. The van der Waals surface area contributed by atoms with Crippen molar-refractivity contribution < 1.29 is 4.79 Å². The molecule has 20 heavy (non-hydrogen) atoms. The molecule has 1 fully saturated rings. The van der Waals surface area contributed by atoms with Crippen LogP contribution in [0.3, 0.4) is 0 Å². The highest BCUT2D eigenvalue weighted by atomic mass is 79.9. The van der Waals surface area contributed by atoms with Crippen LogP contribution in [-0.4, -0.2) is 33.9 Å². The van der Waals surface area contributed by atoms with Gasteiger partial charge in [0.1, 0.15) is 15.0 Å². The molecule has 0 bridgehead atoms. The summed E-state index contributed by atoms with van der Waals surface area (Å²) in [4.78, 5) is 23.1. The molecule has 3 heterocycles. The number of anilines is 1. The van der Waals surface area contributed by atoms with Crippen LogP contribution in [0.25, 0.3) is 10.3 Å². The first-order valence-corrected chi connectivity index (χ1v) is 7.65. The van der Waals surface area contributed by atoms with Gasteiger partial charge < -0.3 is 10.2 Å². The number of nitrogens with zero attached hydrogens (tertiary/aromatic N) is 4. The Morgan fingerprint density at radius 1 is 1.55 bits per heavy atom. The number of carbonyl (C=O) groups is 1. The Morgan fingerprint density at radius 3 is 3.15 bits per heavy atom. The van der Waals surface area contributed by atoms with Gasteiger partial charge in [0.05, 0.1) is 5.92 Å². The van der Waals surface area contributed by atoms with Gasteiger partial charge in [0, 0.05) is 13.1 Å². The van der Waals surface area contributed by atoms with Gasteiger partial charge in [0.15, 0.2) is 11.3 Å². The summed E-state index contributed by atoms with van der Waals surface area (Å²) in [6.45, 7) is 1.12. The minimum Gasteiger partial charge on any atom is -0.310 e. The van der Waals surface area contributed by atoms with Crippen LogP contribution < -0.4 is 5.32 Å². The van der Waals surface area contributed by atoms with E-state index in [-0.39, 0.29) is 11.8 Å². The highest BCUT2D eigenvalue weighted by molar-refractivity contribution is 9.10. The fourth-order valence-corrected chi connectivity index (χ4v) is 3.39. The molecule has 0 aliphatic carbocycles. The number of pyridine rings is 1. The summed E-state index contributed by atoms with van der Waals surface area (Å²) in [6, 6.07) is 3.67. The van der Waals surface area contributed by atoms with E-state index in [0.29, 0.717) is 24.6 Å². The summed E-state index contributed by atoms with van der Waals surface area (Å²) in [6.07, 6.45) is 2.77. The maximum Gasteiger partial charge on any atom is 0.231 e. The third-order valence-electron chi connectivity index (χ3n) is 3.15. The number of aromatic nitrogens is 2. The molecule has 2 aromatic heterocycles. The standard InChI is InChI=1S/C12H10BrN5OS/c13-9-2-1-8-11(16-9)20-12(15-8)17-10(19)7-3-4-18(5-7)6-14/h1-2,7H,3-5H2,(H,15,17,19)/t7-/m0/s1. The van der Waals surface area contributed by atoms with Gasteiger partial charge in [-0.25, -0.2) is 9.97 Å². The van der Waals surface area contributed by atoms with E-state index in [2.05, 4.69) is 37.4 Å². The number of thiazole rings is 1. The molecule has 0 unspecified atom stereocenters. The second-order valence-corrected chi connectivity index (χ2v) is 6.29. The predicted octanol–water partition coefficient (Wildman–Crippen LogP) is 2.20. The van der Waals surface area contributed by atoms with E-state index in [1.807, 2.05) is 12.1 Å². The van der Waals surface area contributed by atoms with Gasteiger partial charge in [-0.3, -0.25) is 4.79 Å². The van der Waals surface area contributed by atoms with Crippen molar-refractivity contribution >= 4 is 48.7 Å². The van der Waals surface area contributed by atoms with Crippen molar-refractivity contribution in [3.63, 3.8) is 0 Å². The molecule has 2 aromatic rings. The molecule has 3 rings (SSSR count). The van der Waals surface area contributed by atoms with Crippen LogP contribution in [0.2, 0.25) is 0 Å². The number of hydrogen-bond donors (Lipinski definition) is 1. The Morgan fingerprint density at radius 2 is 2.40 bits per heavy atom. The first-order valence-electron chi connectivity index (χ1n) is 6.04. The number of nitriles is 1. The number of likely N-dealkylation sites (tertiary alicyclic amines) is 1. The van der Waals surface area contributed by atoms with Gasteiger partial charge in [-0.2, -0.15) is 5.26 Å². The molecule has 1 atom stereocenters. The van der Waals surface area contributed by atoms with Crippen LogP contribution in [0.1, 0.15) is 6.42 Å². The first kappa shape index (κ1) is 13.3. The molecule has 6 nitrogen and oxygen atoms in total. The van der Waals surface area contributed by atoms with Crippen LogP contribution in [0, 0.1) is 17.4 Å². The number of hydrogen-bond acceptors (Lipinski definition) is 6. The maximum absolute atomic E-state index is 12.1. The van der Waals surface area contributed by atoms with Gasteiger partial charge in [-0.1, -0.05) is 11.3 Å². The van der Waals surface area contributed by atoms with Crippen LogP contribution in [0.4, 0.5) is 5.13 Å². The summed E-state index contributed by atoms with van der Waals surface area (Å²) < 4.78 is 0.743. The van der Waals surface area contributed by atoms with Crippen LogP contribution in [0.15, 0.2) is 16.7 Å². The van der Waals surface area contributed by atoms with Crippen molar-refractivity contribution in [1.29, 1.82) is 5.26 Å². The molecule has 1 saturated heterocycles. The Hall–Kier alpha value is -1.72. The third kappa shape index (κ3) is 2.59. The molecule has 1 aliphatic heterocycles. The number of fused-ring (bicyclic) bond motifs is 1. The molecule has 0 spiro atoms. The molecule has 102 valence electrons. The minimum atomic E-state index is -0.152. The molecule has 1 amide bonds. The summed E-state index contributed by atoms with van der Waals surface area (Å²) in [7, 11) is 0. The van der Waals surface area contributed by atoms with Gasteiger partial charge in [0.2, 0.25) is 5.91 Å². The molecule has 0 radical (unpaired) electrons. The highest BCUT2D eigenvalue weighted by Crippen LogP contribution is 2.26. The lowest BCUT2D eigenvalue weighted by Crippen LogP contribution is -2.25. The zero-order chi connectivity index (χ0) is 14.1. The topological polar surface area (TPSA) is 81.9 Å². The summed E-state index contributed by atoms with van der Waals surface area (Å²) in [5.74, 6) is -0.234. The number of amides is 1. The lowest BCUT2D eigenvalue weighted by molar-refractivity contribution is -0.119. The van der Waals surface area contributed by atoms with Crippen molar-refractivity contribution in [3.05, 3.63) is 16.7 Å². The minimum absolute atomic E-state index is 0.0825. The number of carbonyl (C=O) groups excluding carboxylic acids is 1. The monoisotopic (exact) mass is 351 g/mol. The zero-order valence-electron chi connectivity index (χ0n) is 10.3. The molecule has 1 aliphatic rings. The number of halogens is 1. The van der Waals surface area contributed by atoms with E-state index in [0.717, 1.165) is 15.0 Å². The SMILES string of the molecule is N#CN1CC[C@H](C(=O)Nc2nc3ccc(Br)nc3s2)C1. The average Bonchev–Trinajstić information content (AvgIpc) is 3.03. The van der Waals surface area contributed by atoms with E-state index in [9.17, 15) is 4.79 Å². The van der Waals surface area contributed by atoms with Gasteiger partial charge >= 0.3 is 0 Å². The molecular weight excluding hydrogens is 342 g/mol. The molecule has 8 heteroatoms. The predicted molar refractivity (Wildman–Crippen MR) is 79.0 cm³/mol. The quantitative estimate of drug-likeness (QED) is 0.662. The van der Waals surface area contributed by atoms with Crippen LogP contribution >= 0.6 is 27.3 Å². The van der Waals surface area contributed by atoms with Crippen LogP contribution in [0.5, 0.6) is 0 Å². The summed E-state index contributed by atoms with van der Waals surface area (Å²) >= 11 is 4.65. The van der Waals surface area contributed by atoms with Crippen molar-refractivity contribution in [3.8, 4) is 6.19 Å². The van der Waals surface area contributed by atoms with Gasteiger partial charge in [0.25, 0.3) is 0 Å². The Kier molecular flexibility index (Phi) is 3.54. The first-order chi connectivity index (χ1) is 9.65. The molecule has 1 N–H and O–H groups in total. The zero-order valence-corrected chi connectivity index (χ0v) is 12.7. The fraction of sp³-hybridized carbons (Fsp3) is 0.333. The largest absolute Gasteiger partial charge is 0.310 e. The lowest BCUT2D eigenvalue weighted by Gasteiger charge is -2.08. The van der Waals surface area contributed by atoms with E-state index < -0.39 is 0 Å². The average molecular weight is 352 g/mol. The Labute approximate surface area is 127 Å². The molecular formula is C12H10BrN5OS. The van der Waals surface area contributed by atoms with Gasteiger partial charge in [-0.05, 0) is 34.5 Å². The van der Waals surface area contributed by atoms with Crippen molar-refractivity contribution in [2.75, 3.05) is 18.4 Å². The molecule has 0 saturated carbocycles. The van der Waals surface area contributed by atoms with Crippen LogP contribution in [-0.2, 0) is 4.79 Å². The second-order valence-electron chi connectivity index (χ2n) is 4.50. The van der Waals surface area contributed by atoms with E-state index in [4.69, 9.17) is 5.26 Å². The second kappa shape index (κ2) is 5.34. The summed E-state index contributed by atoms with van der Waals surface area (Å²) in [5.41, 5.74) is 0.763. The molecule has 0 aromatic carbocycles. The maximum atomic E-state index is 12.1. The lowest BCUT2D eigenvalue weighted by atomic mass is 10.1. The Bertz CT molecular complexity index is 709. The smallest absolute Gasteiger partial charge is 0.231 e. The fourth-order valence-electron chi connectivity index (χ4n) is 2.12. The number of rotatable bonds is 2. The van der Waals surface area contributed by atoms with Crippen molar-refractivity contribution in [2.24, 2.45) is 5.92 Å². The van der Waals surface area contributed by atoms with E-state index in [1.54, 1.807) is 4.90 Å². The Balaban J connectivity index is 1.73. The normalized spacial score (nSPS) is 18.2.